The van der Waals surface area contributed by atoms with Crippen LogP contribution < -0.4 is 4.90 Å². The van der Waals surface area contributed by atoms with Crippen LogP contribution in [0.25, 0.3) is 10.9 Å². The molecule has 3 aromatic carbocycles. The quantitative estimate of drug-likeness (QED) is 0.428. The van der Waals surface area contributed by atoms with Crippen molar-refractivity contribution in [3.63, 3.8) is 0 Å². The summed E-state index contributed by atoms with van der Waals surface area (Å²) >= 11 is 0. The number of piperazine rings is 1. The predicted molar refractivity (Wildman–Crippen MR) is 151 cm³/mol. The zero-order valence-electron chi connectivity index (χ0n) is 21.6. The van der Waals surface area contributed by atoms with Crippen molar-refractivity contribution in [2.24, 2.45) is 0 Å². The van der Waals surface area contributed by atoms with Crippen molar-refractivity contribution in [2.45, 2.75) is 25.0 Å². The summed E-state index contributed by atoms with van der Waals surface area (Å²) in [6, 6.07) is 28.6. The highest BCUT2D eigenvalue weighted by molar-refractivity contribution is 5.91. The number of hydrogen-bond acceptors (Lipinski definition) is 5. The molecule has 0 bridgehead atoms. The van der Waals surface area contributed by atoms with Gasteiger partial charge < -0.3 is 10.0 Å². The molecule has 4 aromatic rings. The lowest BCUT2D eigenvalue weighted by atomic mass is 9.92. The maximum atomic E-state index is 11.0. The molecule has 1 fully saturated rings. The van der Waals surface area contributed by atoms with Crippen molar-refractivity contribution in [2.75, 3.05) is 51.2 Å². The summed E-state index contributed by atoms with van der Waals surface area (Å²) in [4.78, 5) is 11.7. The molecule has 5 heteroatoms. The van der Waals surface area contributed by atoms with Gasteiger partial charge in [-0.15, -0.1) is 0 Å². The van der Waals surface area contributed by atoms with Gasteiger partial charge in [-0.2, -0.15) is 0 Å². The van der Waals surface area contributed by atoms with Crippen LogP contribution in [0.1, 0.15) is 28.3 Å². The minimum absolute atomic E-state index is 0.313. The fraction of sp³-hybridized carbons (Fsp3) is 0.344. The number of aliphatic hydroxyl groups is 1. The molecule has 5 nitrogen and oxygen atoms in total. The Hall–Kier alpha value is -3.25. The Morgan fingerprint density at radius 2 is 1.51 bits per heavy atom. The largest absolute Gasteiger partial charge is 0.390 e. The number of aliphatic hydroxyl groups excluding tert-OH is 1. The number of pyridine rings is 1. The van der Waals surface area contributed by atoms with Crippen molar-refractivity contribution in [3.05, 3.63) is 107 Å². The van der Waals surface area contributed by atoms with E-state index in [0.29, 0.717) is 19.1 Å². The molecule has 0 spiro atoms. The van der Waals surface area contributed by atoms with E-state index >= 15 is 0 Å². The minimum atomic E-state index is -0.414. The van der Waals surface area contributed by atoms with E-state index in [0.717, 1.165) is 55.6 Å². The summed E-state index contributed by atoms with van der Waals surface area (Å²) in [6.07, 6.45) is 3.63. The van der Waals surface area contributed by atoms with E-state index < -0.39 is 6.10 Å². The van der Waals surface area contributed by atoms with E-state index in [-0.39, 0.29) is 0 Å². The van der Waals surface area contributed by atoms with Gasteiger partial charge in [-0.05, 0) is 59.4 Å². The molecule has 1 N–H and O–H groups in total. The number of aromatic nitrogens is 1. The van der Waals surface area contributed by atoms with Crippen LogP contribution >= 0.6 is 0 Å². The summed E-state index contributed by atoms with van der Waals surface area (Å²) in [7, 11) is 2.06. The Bertz CT molecular complexity index is 1310. The smallest absolute Gasteiger partial charge is 0.0841 e. The summed E-state index contributed by atoms with van der Waals surface area (Å²) in [5, 5.41) is 12.1. The van der Waals surface area contributed by atoms with E-state index in [4.69, 9.17) is 0 Å². The number of β-amino-alcohol motifs (C(OH)–C–C–N with tert-alkyl or cyclic N) is 1. The van der Waals surface area contributed by atoms with Crippen LogP contribution in [0, 0.1) is 0 Å². The first-order valence-corrected chi connectivity index (χ1v) is 13.5. The molecular weight excluding hydrogens is 456 g/mol. The average Bonchev–Trinajstić information content (AvgIpc) is 3.10. The molecule has 1 unspecified atom stereocenters. The van der Waals surface area contributed by atoms with Gasteiger partial charge in [0, 0.05) is 63.6 Å². The second-order valence-electron chi connectivity index (χ2n) is 10.5. The highest BCUT2D eigenvalue weighted by Gasteiger charge is 2.31. The summed E-state index contributed by atoms with van der Waals surface area (Å²) < 4.78 is 0. The topological polar surface area (TPSA) is 42.8 Å². The van der Waals surface area contributed by atoms with Gasteiger partial charge in [-0.1, -0.05) is 54.6 Å². The molecule has 1 aliphatic carbocycles. The maximum Gasteiger partial charge on any atom is 0.0841 e. The molecule has 2 aliphatic rings. The van der Waals surface area contributed by atoms with Crippen molar-refractivity contribution in [1.82, 2.24) is 14.8 Å². The van der Waals surface area contributed by atoms with Gasteiger partial charge in [-0.25, -0.2) is 0 Å². The third kappa shape index (κ3) is 4.99. The predicted octanol–water partition coefficient (Wildman–Crippen LogP) is 4.54. The Morgan fingerprint density at radius 1 is 0.838 bits per heavy atom. The Morgan fingerprint density at radius 3 is 2.22 bits per heavy atom. The van der Waals surface area contributed by atoms with Crippen molar-refractivity contribution >= 4 is 16.6 Å². The number of hydrogen-bond donors (Lipinski definition) is 1. The fourth-order valence-electron chi connectivity index (χ4n) is 6.28. The molecule has 1 saturated heterocycles. The van der Waals surface area contributed by atoms with Gasteiger partial charge >= 0.3 is 0 Å². The third-order valence-electron chi connectivity index (χ3n) is 8.12. The molecule has 6 rings (SSSR count). The number of aryl methyl sites for hydroxylation is 2. The van der Waals surface area contributed by atoms with E-state index in [1.807, 2.05) is 24.4 Å². The first-order chi connectivity index (χ1) is 18.2. The van der Waals surface area contributed by atoms with Gasteiger partial charge in [0.25, 0.3) is 0 Å². The normalized spacial score (nSPS) is 17.7. The molecule has 1 aromatic heterocycles. The second kappa shape index (κ2) is 10.6. The second-order valence-corrected chi connectivity index (χ2v) is 10.5. The van der Waals surface area contributed by atoms with Gasteiger partial charge in [-0.3, -0.25) is 14.8 Å². The molecule has 0 saturated carbocycles. The molecule has 2 heterocycles. The SMILES string of the molecule is CN(CC(O)CN1CCN(C2c3ccccc3CCc3ccccc32)CC1)c1cccc2ncccc12. The summed E-state index contributed by atoms with van der Waals surface area (Å²) in [5.74, 6) is 0. The van der Waals surface area contributed by atoms with Crippen LogP contribution in [0.5, 0.6) is 0 Å². The van der Waals surface area contributed by atoms with Crippen LogP contribution in [-0.2, 0) is 12.8 Å². The van der Waals surface area contributed by atoms with E-state index in [1.165, 1.54) is 22.3 Å². The van der Waals surface area contributed by atoms with Crippen LogP contribution in [0.2, 0.25) is 0 Å². The molecule has 37 heavy (non-hydrogen) atoms. The van der Waals surface area contributed by atoms with Crippen LogP contribution in [0.3, 0.4) is 0 Å². The lowest BCUT2D eigenvalue weighted by Crippen LogP contribution is -2.50. The lowest BCUT2D eigenvalue weighted by Gasteiger charge is -2.41. The molecule has 1 atom stereocenters. The standard InChI is InChI=1S/C32H36N4O/c1-34(31-14-6-13-30-29(31)12-7-17-33-30)22-26(37)23-35-18-20-36(21-19-35)32-27-10-4-2-8-24(27)15-16-25-9-3-5-11-28(25)32/h2-14,17,26,32,37H,15-16,18-23H2,1H3. The molecule has 190 valence electrons. The lowest BCUT2D eigenvalue weighted by molar-refractivity contribution is 0.0653. The maximum absolute atomic E-state index is 11.0. The first kappa shape index (κ1) is 24.1. The number of fused-ring (bicyclic) bond motifs is 3. The van der Waals surface area contributed by atoms with Crippen LogP contribution in [0.4, 0.5) is 5.69 Å². The van der Waals surface area contributed by atoms with Gasteiger partial charge in [0.1, 0.15) is 0 Å². The average molecular weight is 493 g/mol. The molecule has 0 amide bonds. The number of likely N-dealkylation sites (N-methyl/N-ethyl adjacent to an activating group) is 1. The van der Waals surface area contributed by atoms with Crippen molar-refractivity contribution < 1.29 is 5.11 Å². The summed E-state index contributed by atoms with van der Waals surface area (Å²) in [6.45, 7) is 5.24. The van der Waals surface area contributed by atoms with Crippen molar-refractivity contribution in [1.29, 1.82) is 0 Å². The van der Waals surface area contributed by atoms with Crippen LogP contribution in [0.15, 0.2) is 85.1 Å². The number of nitrogens with zero attached hydrogens (tertiary/aromatic N) is 4. The monoisotopic (exact) mass is 492 g/mol. The number of rotatable bonds is 6. The number of benzene rings is 3. The first-order valence-electron chi connectivity index (χ1n) is 13.5. The van der Waals surface area contributed by atoms with E-state index in [1.54, 1.807) is 0 Å². The van der Waals surface area contributed by atoms with Crippen molar-refractivity contribution in [3.8, 4) is 0 Å². The molecule has 1 aliphatic heterocycles. The van der Waals surface area contributed by atoms with Gasteiger partial charge in [0.2, 0.25) is 0 Å². The number of anilines is 1. The minimum Gasteiger partial charge on any atom is -0.390 e. The Labute approximate surface area is 220 Å². The Kier molecular flexibility index (Phi) is 6.92. The zero-order chi connectivity index (χ0) is 25.2. The third-order valence-corrected chi connectivity index (χ3v) is 8.12. The molecule has 0 radical (unpaired) electrons. The van der Waals surface area contributed by atoms with Gasteiger partial charge in [0.15, 0.2) is 0 Å². The van der Waals surface area contributed by atoms with E-state index in [2.05, 4.69) is 87.4 Å². The molecular formula is C32H36N4O. The highest BCUT2D eigenvalue weighted by atomic mass is 16.3. The summed E-state index contributed by atoms with van der Waals surface area (Å²) in [5.41, 5.74) is 7.99. The Balaban J connectivity index is 1.11. The zero-order valence-corrected chi connectivity index (χ0v) is 21.6. The highest BCUT2D eigenvalue weighted by Crippen LogP contribution is 2.37. The van der Waals surface area contributed by atoms with Crippen LogP contribution in [-0.4, -0.2) is 72.3 Å². The van der Waals surface area contributed by atoms with E-state index in [9.17, 15) is 5.11 Å². The fourth-order valence-corrected chi connectivity index (χ4v) is 6.28. The van der Waals surface area contributed by atoms with Gasteiger partial charge in [0.05, 0.1) is 17.7 Å².